The summed E-state index contributed by atoms with van der Waals surface area (Å²) in [6.45, 7) is 2.04. The molecule has 0 saturated heterocycles. The van der Waals surface area contributed by atoms with Gasteiger partial charge in [-0.05, 0) is 40.6 Å². The lowest BCUT2D eigenvalue weighted by molar-refractivity contribution is 0.267. The van der Waals surface area contributed by atoms with Crippen molar-refractivity contribution in [3.63, 3.8) is 0 Å². The van der Waals surface area contributed by atoms with Crippen molar-refractivity contribution in [2.75, 3.05) is 6.61 Å². The zero-order valence-electron chi connectivity index (χ0n) is 6.92. The SMILES string of the molecule is Cc1cccc([C@H](N)CO)c1I. The summed E-state index contributed by atoms with van der Waals surface area (Å²) < 4.78 is 1.15. The first kappa shape index (κ1) is 9.95. The summed E-state index contributed by atoms with van der Waals surface area (Å²) in [5.74, 6) is 0. The third-order valence-corrected chi connectivity index (χ3v) is 3.29. The Morgan fingerprint density at radius 3 is 2.83 bits per heavy atom. The van der Waals surface area contributed by atoms with Crippen LogP contribution in [0, 0.1) is 10.5 Å². The van der Waals surface area contributed by atoms with Crippen LogP contribution in [0.4, 0.5) is 0 Å². The van der Waals surface area contributed by atoms with E-state index in [9.17, 15) is 0 Å². The molecule has 0 aliphatic heterocycles. The van der Waals surface area contributed by atoms with E-state index in [1.807, 2.05) is 25.1 Å². The number of hydrogen-bond acceptors (Lipinski definition) is 2. The minimum absolute atomic E-state index is 0.000541. The lowest BCUT2D eigenvalue weighted by Crippen LogP contribution is -2.16. The van der Waals surface area contributed by atoms with Crippen LogP contribution in [0.5, 0.6) is 0 Å². The third-order valence-electron chi connectivity index (χ3n) is 1.82. The first-order chi connectivity index (χ1) is 5.66. The number of benzene rings is 1. The number of rotatable bonds is 2. The molecule has 0 fully saturated rings. The van der Waals surface area contributed by atoms with Crippen molar-refractivity contribution in [3.8, 4) is 0 Å². The van der Waals surface area contributed by atoms with E-state index in [2.05, 4.69) is 22.6 Å². The molecule has 1 aromatic carbocycles. The van der Waals surface area contributed by atoms with Crippen molar-refractivity contribution >= 4 is 22.6 Å². The van der Waals surface area contributed by atoms with E-state index < -0.39 is 0 Å². The highest BCUT2D eigenvalue weighted by molar-refractivity contribution is 14.1. The molecule has 0 radical (unpaired) electrons. The van der Waals surface area contributed by atoms with E-state index in [1.165, 1.54) is 5.56 Å². The molecule has 0 aliphatic carbocycles. The van der Waals surface area contributed by atoms with E-state index in [4.69, 9.17) is 10.8 Å². The average Bonchev–Trinajstić information content (AvgIpc) is 2.08. The minimum atomic E-state index is -0.253. The Labute approximate surface area is 85.9 Å². The smallest absolute Gasteiger partial charge is 0.0624 e. The quantitative estimate of drug-likeness (QED) is 0.806. The first-order valence-electron chi connectivity index (χ1n) is 3.78. The van der Waals surface area contributed by atoms with Gasteiger partial charge in [0, 0.05) is 3.57 Å². The summed E-state index contributed by atoms with van der Waals surface area (Å²) in [6.07, 6.45) is 0. The van der Waals surface area contributed by atoms with Crippen LogP contribution in [-0.2, 0) is 0 Å². The second kappa shape index (κ2) is 4.20. The van der Waals surface area contributed by atoms with Crippen molar-refractivity contribution < 1.29 is 5.11 Å². The lowest BCUT2D eigenvalue weighted by atomic mass is 10.1. The standard InChI is InChI=1S/C9H12INO/c1-6-3-2-4-7(9(6)10)8(11)5-12/h2-4,8,12H,5,11H2,1H3/t8-/m1/s1. The first-order valence-corrected chi connectivity index (χ1v) is 4.86. The fraction of sp³-hybridized carbons (Fsp3) is 0.333. The number of aliphatic hydroxyl groups excluding tert-OH is 1. The maximum atomic E-state index is 8.88. The molecule has 2 nitrogen and oxygen atoms in total. The normalized spacial score (nSPS) is 13.0. The maximum Gasteiger partial charge on any atom is 0.0624 e. The van der Waals surface area contributed by atoms with Gasteiger partial charge < -0.3 is 10.8 Å². The number of halogens is 1. The lowest BCUT2D eigenvalue weighted by Gasteiger charge is -2.11. The van der Waals surface area contributed by atoms with Gasteiger partial charge in [-0.15, -0.1) is 0 Å². The average molecular weight is 277 g/mol. The van der Waals surface area contributed by atoms with Gasteiger partial charge >= 0.3 is 0 Å². The molecule has 66 valence electrons. The molecule has 1 atom stereocenters. The molecule has 0 saturated carbocycles. The summed E-state index contributed by atoms with van der Waals surface area (Å²) in [4.78, 5) is 0. The van der Waals surface area contributed by atoms with E-state index in [0.717, 1.165) is 9.13 Å². The van der Waals surface area contributed by atoms with E-state index >= 15 is 0 Å². The zero-order chi connectivity index (χ0) is 9.14. The highest BCUT2D eigenvalue weighted by atomic mass is 127. The number of hydrogen-bond donors (Lipinski definition) is 2. The van der Waals surface area contributed by atoms with Crippen LogP contribution >= 0.6 is 22.6 Å². The van der Waals surface area contributed by atoms with Gasteiger partial charge in [-0.3, -0.25) is 0 Å². The van der Waals surface area contributed by atoms with Crippen molar-refractivity contribution in [3.05, 3.63) is 32.9 Å². The second-order valence-electron chi connectivity index (χ2n) is 2.77. The fourth-order valence-corrected chi connectivity index (χ4v) is 1.81. The molecule has 1 aromatic rings. The highest BCUT2D eigenvalue weighted by Gasteiger charge is 2.08. The summed E-state index contributed by atoms with van der Waals surface area (Å²) in [6, 6.07) is 5.70. The van der Waals surface area contributed by atoms with Crippen molar-refractivity contribution in [1.29, 1.82) is 0 Å². The van der Waals surface area contributed by atoms with Crippen LogP contribution in [0.15, 0.2) is 18.2 Å². The zero-order valence-corrected chi connectivity index (χ0v) is 9.08. The van der Waals surface area contributed by atoms with Crippen molar-refractivity contribution in [1.82, 2.24) is 0 Å². The minimum Gasteiger partial charge on any atom is -0.394 e. The Hall–Kier alpha value is -0.130. The van der Waals surface area contributed by atoms with Crippen LogP contribution in [-0.4, -0.2) is 11.7 Å². The van der Waals surface area contributed by atoms with Crippen molar-refractivity contribution in [2.45, 2.75) is 13.0 Å². The summed E-state index contributed by atoms with van der Waals surface area (Å²) in [7, 11) is 0. The number of nitrogens with two attached hydrogens (primary N) is 1. The van der Waals surface area contributed by atoms with Crippen LogP contribution < -0.4 is 5.73 Å². The van der Waals surface area contributed by atoms with Crippen LogP contribution in [0.3, 0.4) is 0 Å². The van der Waals surface area contributed by atoms with Gasteiger partial charge in [0.15, 0.2) is 0 Å². The van der Waals surface area contributed by atoms with Gasteiger partial charge in [0.25, 0.3) is 0 Å². The van der Waals surface area contributed by atoms with E-state index in [-0.39, 0.29) is 12.6 Å². The number of aryl methyl sites for hydroxylation is 1. The van der Waals surface area contributed by atoms with Crippen molar-refractivity contribution in [2.24, 2.45) is 5.73 Å². The van der Waals surface area contributed by atoms with Gasteiger partial charge in [-0.2, -0.15) is 0 Å². The predicted octanol–water partition coefficient (Wildman–Crippen LogP) is 1.59. The van der Waals surface area contributed by atoms with Gasteiger partial charge in [0.05, 0.1) is 12.6 Å². The molecule has 12 heavy (non-hydrogen) atoms. The monoisotopic (exact) mass is 277 g/mol. The van der Waals surface area contributed by atoms with E-state index in [1.54, 1.807) is 0 Å². The largest absolute Gasteiger partial charge is 0.394 e. The fourth-order valence-electron chi connectivity index (χ4n) is 1.05. The predicted molar refractivity (Wildman–Crippen MR) is 57.9 cm³/mol. The van der Waals surface area contributed by atoms with Crippen LogP contribution in [0.25, 0.3) is 0 Å². The molecule has 0 unspecified atom stereocenters. The van der Waals surface area contributed by atoms with Crippen LogP contribution in [0.2, 0.25) is 0 Å². The molecule has 3 heteroatoms. The molecule has 0 aromatic heterocycles. The van der Waals surface area contributed by atoms with Gasteiger partial charge in [0.2, 0.25) is 0 Å². The summed E-state index contributed by atoms with van der Waals surface area (Å²) in [5, 5.41) is 8.88. The molecular formula is C9H12INO. The maximum absolute atomic E-state index is 8.88. The Balaban J connectivity index is 3.07. The Kier molecular flexibility index (Phi) is 3.49. The molecule has 0 amide bonds. The molecule has 0 spiro atoms. The van der Waals surface area contributed by atoms with Gasteiger partial charge in [-0.25, -0.2) is 0 Å². The molecule has 0 heterocycles. The molecule has 0 bridgehead atoms. The molecule has 3 N–H and O–H groups in total. The van der Waals surface area contributed by atoms with E-state index in [0.29, 0.717) is 0 Å². The Morgan fingerprint density at radius 2 is 2.25 bits per heavy atom. The number of aliphatic hydroxyl groups is 1. The molecular weight excluding hydrogens is 265 g/mol. The van der Waals surface area contributed by atoms with Crippen LogP contribution in [0.1, 0.15) is 17.2 Å². The topological polar surface area (TPSA) is 46.2 Å². The summed E-state index contributed by atoms with van der Waals surface area (Å²) >= 11 is 2.25. The van der Waals surface area contributed by atoms with Gasteiger partial charge in [-0.1, -0.05) is 18.2 Å². The highest BCUT2D eigenvalue weighted by Crippen LogP contribution is 2.20. The van der Waals surface area contributed by atoms with Gasteiger partial charge in [0.1, 0.15) is 0 Å². The Bertz CT molecular complexity index is 275. The Morgan fingerprint density at radius 1 is 1.58 bits per heavy atom. The molecule has 1 rings (SSSR count). The third kappa shape index (κ3) is 1.97. The second-order valence-corrected chi connectivity index (χ2v) is 3.85. The molecule has 0 aliphatic rings. The summed E-state index contributed by atoms with van der Waals surface area (Å²) in [5.41, 5.74) is 7.94.